The molecule has 0 aliphatic heterocycles. The second-order valence-electron chi connectivity index (χ2n) is 2.11. The summed E-state index contributed by atoms with van der Waals surface area (Å²) in [5.74, 6) is -0.593. The lowest BCUT2D eigenvalue weighted by molar-refractivity contribution is -0.124. The highest BCUT2D eigenvalue weighted by Gasteiger charge is 2.09. The first kappa shape index (κ1) is 8.14. The van der Waals surface area contributed by atoms with Crippen LogP contribution in [0, 0.1) is 0 Å². The van der Waals surface area contributed by atoms with Crippen molar-refractivity contribution in [3.05, 3.63) is 0 Å². The molecule has 3 nitrogen and oxygen atoms in total. The van der Waals surface area contributed by atoms with E-state index in [2.05, 4.69) is 0 Å². The van der Waals surface area contributed by atoms with Crippen LogP contribution in [0.1, 0.15) is 13.8 Å². The van der Waals surface area contributed by atoms with E-state index in [1.54, 1.807) is 7.05 Å². The van der Waals surface area contributed by atoms with Gasteiger partial charge in [-0.2, -0.15) is 0 Å². The van der Waals surface area contributed by atoms with Crippen molar-refractivity contribution < 1.29 is 9.59 Å². The maximum Gasteiger partial charge on any atom is 0.298 e. The number of hydrogen-bond donors (Lipinski definition) is 0. The van der Waals surface area contributed by atoms with Crippen LogP contribution in [0.3, 0.4) is 0 Å². The maximum atomic E-state index is 10.5. The fraction of sp³-hybridized carbons (Fsp3) is 0.667. The second kappa shape index (κ2) is 3.22. The number of amides is 1. The van der Waals surface area contributed by atoms with Crippen LogP contribution in [-0.2, 0) is 9.59 Å². The van der Waals surface area contributed by atoms with Gasteiger partial charge < -0.3 is 4.90 Å². The summed E-state index contributed by atoms with van der Waals surface area (Å²) in [5, 5.41) is 0. The number of carbonyl (C=O) groups is 1. The Balaban J connectivity index is 3.87. The fourth-order valence-electron chi connectivity index (χ4n) is 0.307. The number of rotatable bonds is 2. The van der Waals surface area contributed by atoms with Crippen LogP contribution in [0.2, 0.25) is 0 Å². The summed E-state index contributed by atoms with van der Waals surface area (Å²) in [6.07, 6.45) is 1.28. The molecule has 0 aliphatic carbocycles. The Morgan fingerprint density at radius 2 is 2.00 bits per heavy atom. The molecule has 0 aromatic carbocycles. The fourth-order valence-corrected chi connectivity index (χ4v) is 0.307. The van der Waals surface area contributed by atoms with Crippen LogP contribution in [-0.4, -0.2) is 30.2 Å². The van der Waals surface area contributed by atoms with Gasteiger partial charge in [-0.1, -0.05) is 0 Å². The molecule has 51 valence electrons. The Morgan fingerprint density at radius 3 is 2.11 bits per heavy atom. The molecule has 9 heavy (non-hydrogen) atoms. The van der Waals surface area contributed by atoms with Gasteiger partial charge in [-0.25, -0.2) is 0 Å². The normalized spacial score (nSPS) is 9.33. The van der Waals surface area contributed by atoms with E-state index < -0.39 is 5.91 Å². The summed E-state index contributed by atoms with van der Waals surface area (Å²) in [6, 6.07) is 0.0685. The summed E-state index contributed by atoms with van der Waals surface area (Å²) in [5.41, 5.74) is 0. The predicted molar refractivity (Wildman–Crippen MR) is 33.6 cm³/mol. The molecule has 0 N–H and O–H groups in total. The molecule has 1 amide bonds. The predicted octanol–water partition coefficient (Wildman–Crippen LogP) is -0.0371. The van der Waals surface area contributed by atoms with Gasteiger partial charge in [0.05, 0.1) is 0 Å². The van der Waals surface area contributed by atoms with Crippen LogP contribution < -0.4 is 0 Å². The van der Waals surface area contributed by atoms with Crippen molar-refractivity contribution in [3.63, 3.8) is 0 Å². The van der Waals surface area contributed by atoms with Crippen molar-refractivity contribution in [2.45, 2.75) is 19.9 Å². The van der Waals surface area contributed by atoms with Crippen molar-refractivity contribution in [1.29, 1.82) is 0 Å². The van der Waals surface area contributed by atoms with E-state index in [4.69, 9.17) is 0 Å². The SMILES string of the molecule is CC(C)N(C)C(=O)[C]=O. The van der Waals surface area contributed by atoms with Gasteiger partial charge >= 0.3 is 0 Å². The van der Waals surface area contributed by atoms with Crippen LogP contribution in [0.25, 0.3) is 0 Å². The van der Waals surface area contributed by atoms with E-state index in [0.717, 1.165) is 0 Å². The van der Waals surface area contributed by atoms with Gasteiger partial charge in [-0.15, -0.1) is 0 Å². The van der Waals surface area contributed by atoms with Gasteiger partial charge in [-0.3, -0.25) is 9.59 Å². The topological polar surface area (TPSA) is 37.4 Å². The first-order valence-corrected chi connectivity index (χ1v) is 2.74. The molecule has 0 spiro atoms. The van der Waals surface area contributed by atoms with Crippen LogP contribution in [0.15, 0.2) is 0 Å². The highest BCUT2D eigenvalue weighted by molar-refractivity contribution is 6.23. The van der Waals surface area contributed by atoms with Gasteiger partial charge in [0.15, 0.2) is 0 Å². The lowest BCUT2D eigenvalue weighted by Crippen LogP contribution is -2.33. The molecule has 0 fully saturated rings. The average molecular weight is 128 g/mol. The zero-order valence-electron chi connectivity index (χ0n) is 5.84. The third-order valence-corrected chi connectivity index (χ3v) is 1.18. The van der Waals surface area contributed by atoms with Crippen LogP contribution in [0.4, 0.5) is 0 Å². The summed E-state index contributed by atoms with van der Waals surface area (Å²) in [6.45, 7) is 3.66. The van der Waals surface area contributed by atoms with Crippen molar-refractivity contribution in [2.24, 2.45) is 0 Å². The molecule has 1 radical (unpaired) electrons. The molecule has 0 bridgehead atoms. The van der Waals surface area contributed by atoms with Gasteiger partial charge in [0, 0.05) is 13.1 Å². The quantitative estimate of drug-likeness (QED) is 0.489. The van der Waals surface area contributed by atoms with Gasteiger partial charge in [-0.05, 0) is 13.8 Å². The van der Waals surface area contributed by atoms with Crippen molar-refractivity contribution in [2.75, 3.05) is 7.05 Å². The highest BCUT2D eigenvalue weighted by Crippen LogP contribution is 1.90. The number of nitrogens with zero attached hydrogens (tertiary/aromatic N) is 1. The van der Waals surface area contributed by atoms with E-state index >= 15 is 0 Å². The smallest absolute Gasteiger partial charge is 0.298 e. The first-order valence-electron chi connectivity index (χ1n) is 2.74. The van der Waals surface area contributed by atoms with Gasteiger partial charge in [0.1, 0.15) is 0 Å². The monoisotopic (exact) mass is 128 g/mol. The summed E-state index contributed by atoms with van der Waals surface area (Å²) < 4.78 is 0. The van der Waals surface area contributed by atoms with Crippen molar-refractivity contribution in [3.8, 4) is 0 Å². The van der Waals surface area contributed by atoms with Gasteiger partial charge in [0.2, 0.25) is 0 Å². The molecular weight excluding hydrogens is 118 g/mol. The largest absolute Gasteiger partial charge is 0.336 e. The van der Waals surface area contributed by atoms with E-state index in [1.807, 2.05) is 13.8 Å². The highest BCUT2D eigenvalue weighted by atomic mass is 16.2. The minimum absolute atomic E-state index is 0.0685. The zero-order chi connectivity index (χ0) is 7.44. The Hall–Kier alpha value is -0.860. The zero-order valence-corrected chi connectivity index (χ0v) is 5.84. The molecule has 3 heteroatoms. The minimum Gasteiger partial charge on any atom is -0.336 e. The second-order valence-corrected chi connectivity index (χ2v) is 2.11. The standard InChI is InChI=1S/C6H10NO2/c1-5(2)7(3)6(9)4-8/h5H,1-3H3. The van der Waals surface area contributed by atoms with Gasteiger partial charge in [0.25, 0.3) is 12.2 Å². The summed E-state index contributed by atoms with van der Waals surface area (Å²) in [7, 11) is 1.57. The van der Waals surface area contributed by atoms with Crippen molar-refractivity contribution >= 4 is 12.2 Å². The average Bonchev–Trinajstić information content (AvgIpc) is 1.84. The number of likely N-dealkylation sites (N-methyl/N-ethyl adjacent to an activating group) is 1. The number of carbonyl (C=O) groups excluding carboxylic acids is 2. The first-order chi connectivity index (χ1) is 4.09. The Kier molecular flexibility index (Phi) is 2.91. The molecule has 0 atom stereocenters. The molecule has 0 aromatic rings. The summed E-state index contributed by atoms with van der Waals surface area (Å²) >= 11 is 0. The molecule has 0 saturated carbocycles. The summed E-state index contributed by atoms with van der Waals surface area (Å²) in [4.78, 5) is 21.5. The maximum absolute atomic E-state index is 10.5. The molecule has 0 aliphatic rings. The van der Waals surface area contributed by atoms with E-state index in [-0.39, 0.29) is 6.04 Å². The molecule has 0 unspecified atom stereocenters. The Bertz CT molecular complexity index is 120. The molecule has 0 aromatic heterocycles. The lowest BCUT2D eigenvalue weighted by Gasteiger charge is -2.17. The molecule has 0 saturated heterocycles. The Labute approximate surface area is 54.6 Å². The Morgan fingerprint density at radius 1 is 1.56 bits per heavy atom. The molecular formula is C6H10NO2. The molecule has 0 heterocycles. The molecule has 0 rings (SSSR count). The van der Waals surface area contributed by atoms with E-state index in [1.165, 1.54) is 11.2 Å². The third-order valence-electron chi connectivity index (χ3n) is 1.18. The third kappa shape index (κ3) is 2.26. The lowest BCUT2D eigenvalue weighted by atomic mass is 10.3. The van der Waals surface area contributed by atoms with E-state index in [0.29, 0.717) is 0 Å². The van der Waals surface area contributed by atoms with Crippen LogP contribution in [0.5, 0.6) is 0 Å². The number of hydrogen-bond acceptors (Lipinski definition) is 2. The van der Waals surface area contributed by atoms with Crippen molar-refractivity contribution in [1.82, 2.24) is 4.90 Å². The van der Waals surface area contributed by atoms with Crippen LogP contribution >= 0.6 is 0 Å². The minimum atomic E-state index is -0.593. The van der Waals surface area contributed by atoms with E-state index in [9.17, 15) is 9.59 Å².